The van der Waals surface area contributed by atoms with Crippen LogP contribution in [0.4, 0.5) is 0 Å². The molecule has 1 N–H and O–H groups in total. The fourth-order valence-electron chi connectivity index (χ4n) is 1.96. The van der Waals surface area contributed by atoms with E-state index in [1.165, 1.54) is 6.08 Å². The third-order valence-electron chi connectivity index (χ3n) is 2.89. The number of allylic oxidation sites excluding steroid dienone is 1. The van der Waals surface area contributed by atoms with Gasteiger partial charge < -0.3 is 9.42 Å². The summed E-state index contributed by atoms with van der Waals surface area (Å²) in [4.78, 5) is 9.83. The predicted octanol–water partition coefficient (Wildman–Crippen LogP) is 4.41. The van der Waals surface area contributed by atoms with Crippen molar-refractivity contribution < 1.29 is 14.0 Å². The van der Waals surface area contributed by atoms with Crippen molar-refractivity contribution in [3.05, 3.63) is 66.7 Å². The van der Waals surface area contributed by atoms with Gasteiger partial charge in [-0.2, -0.15) is 0 Å². The van der Waals surface area contributed by atoms with Gasteiger partial charge >= 0.3 is 7.60 Å². The first-order chi connectivity index (χ1) is 9.53. The third-order valence-corrected chi connectivity index (χ3v) is 4.08. The summed E-state index contributed by atoms with van der Waals surface area (Å²) in [6, 6.07) is 15.3. The van der Waals surface area contributed by atoms with Crippen LogP contribution in [-0.2, 0) is 4.57 Å². The van der Waals surface area contributed by atoms with E-state index in [1.54, 1.807) is 0 Å². The lowest BCUT2D eigenvalue weighted by Gasteiger charge is -2.17. The van der Waals surface area contributed by atoms with Crippen LogP contribution in [0.15, 0.2) is 61.2 Å². The number of para-hydroxylation sites is 1. The first-order valence-electron chi connectivity index (χ1n) is 6.31. The van der Waals surface area contributed by atoms with E-state index in [4.69, 9.17) is 4.52 Å². The molecule has 0 fully saturated rings. The van der Waals surface area contributed by atoms with Gasteiger partial charge in [0.15, 0.2) is 0 Å². The van der Waals surface area contributed by atoms with Gasteiger partial charge in [-0.05, 0) is 18.1 Å². The van der Waals surface area contributed by atoms with Gasteiger partial charge in [-0.15, -0.1) is 6.58 Å². The van der Waals surface area contributed by atoms with E-state index in [0.717, 1.165) is 16.7 Å². The molecule has 0 saturated carbocycles. The van der Waals surface area contributed by atoms with Crippen LogP contribution >= 0.6 is 7.60 Å². The lowest BCUT2D eigenvalue weighted by molar-refractivity contribution is 0.383. The molecule has 1 atom stereocenters. The van der Waals surface area contributed by atoms with Crippen LogP contribution in [0.25, 0.3) is 11.1 Å². The maximum Gasteiger partial charge on any atom is 0.380 e. The van der Waals surface area contributed by atoms with E-state index in [9.17, 15) is 9.46 Å². The summed E-state index contributed by atoms with van der Waals surface area (Å²) >= 11 is 0. The Bertz CT molecular complexity index is 650. The Labute approximate surface area is 119 Å². The maximum absolute atomic E-state index is 12.0. The van der Waals surface area contributed by atoms with Gasteiger partial charge in [-0.1, -0.05) is 54.6 Å². The van der Waals surface area contributed by atoms with Crippen molar-refractivity contribution in [2.45, 2.75) is 6.92 Å². The summed E-state index contributed by atoms with van der Waals surface area (Å²) in [6.07, 6.45) is 1.32. The molecule has 2 rings (SSSR count). The molecule has 0 radical (unpaired) electrons. The molecule has 3 nitrogen and oxygen atoms in total. The highest BCUT2D eigenvalue weighted by molar-refractivity contribution is 7.53. The van der Waals surface area contributed by atoms with Gasteiger partial charge in [0.05, 0.1) is 6.16 Å². The van der Waals surface area contributed by atoms with E-state index in [1.807, 2.05) is 55.5 Å². The zero-order valence-corrected chi connectivity index (χ0v) is 12.2. The molecule has 0 saturated heterocycles. The molecule has 2 aromatic carbocycles. The largest absolute Gasteiger partial charge is 0.423 e. The van der Waals surface area contributed by atoms with Gasteiger partial charge in [-0.25, -0.2) is 4.57 Å². The molecule has 0 aromatic heterocycles. The van der Waals surface area contributed by atoms with Crippen LogP contribution in [-0.4, -0.2) is 11.1 Å². The SMILES string of the molecule is C=CCP(=O)(O)Oc1c(C)cccc1-c1ccccc1. The van der Waals surface area contributed by atoms with Crippen LogP contribution in [0.1, 0.15) is 5.56 Å². The first kappa shape index (κ1) is 14.6. The smallest absolute Gasteiger partial charge is 0.380 e. The minimum atomic E-state index is -3.71. The van der Waals surface area contributed by atoms with Crippen molar-refractivity contribution in [1.29, 1.82) is 0 Å². The Kier molecular flexibility index (Phi) is 4.43. The molecule has 0 spiro atoms. The van der Waals surface area contributed by atoms with E-state index in [2.05, 4.69) is 6.58 Å². The lowest BCUT2D eigenvalue weighted by atomic mass is 10.0. The highest BCUT2D eigenvalue weighted by atomic mass is 31.2. The Balaban J connectivity index is 2.48. The van der Waals surface area contributed by atoms with Crippen LogP contribution in [0.3, 0.4) is 0 Å². The van der Waals surface area contributed by atoms with Crippen molar-refractivity contribution in [3.63, 3.8) is 0 Å². The number of hydrogen-bond donors (Lipinski definition) is 1. The Hall–Kier alpha value is -1.83. The minimum Gasteiger partial charge on any atom is -0.423 e. The highest BCUT2D eigenvalue weighted by Crippen LogP contribution is 2.46. The van der Waals surface area contributed by atoms with E-state index >= 15 is 0 Å². The van der Waals surface area contributed by atoms with Gasteiger partial charge in [0.1, 0.15) is 5.75 Å². The van der Waals surface area contributed by atoms with Crippen molar-refractivity contribution >= 4 is 7.60 Å². The molecule has 0 aliphatic heterocycles. The van der Waals surface area contributed by atoms with E-state index in [-0.39, 0.29) is 6.16 Å². The summed E-state index contributed by atoms with van der Waals surface area (Å²) in [5.74, 6) is 0.450. The predicted molar refractivity (Wildman–Crippen MR) is 82.1 cm³/mol. The quantitative estimate of drug-likeness (QED) is 0.654. The standard InChI is InChI=1S/C16H17O3P/c1-3-12-20(17,18)19-16-13(2)8-7-11-15(16)14-9-5-4-6-10-14/h3-11H,1,12H2,2H3,(H,17,18). The summed E-state index contributed by atoms with van der Waals surface area (Å²) in [5.41, 5.74) is 2.58. The van der Waals surface area contributed by atoms with Crippen LogP contribution in [0.2, 0.25) is 0 Å². The first-order valence-corrected chi connectivity index (χ1v) is 8.07. The number of hydrogen-bond acceptors (Lipinski definition) is 2. The molecular formula is C16H17O3P. The molecule has 104 valence electrons. The second-order valence-corrected chi connectivity index (χ2v) is 6.34. The van der Waals surface area contributed by atoms with E-state index < -0.39 is 7.60 Å². The average Bonchev–Trinajstić information content (AvgIpc) is 2.42. The van der Waals surface area contributed by atoms with E-state index in [0.29, 0.717) is 5.75 Å². The zero-order chi connectivity index (χ0) is 14.6. The molecule has 0 amide bonds. The number of aryl methyl sites for hydroxylation is 1. The molecular weight excluding hydrogens is 271 g/mol. The molecule has 4 heteroatoms. The highest BCUT2D eigenvalue weighted by Gasteiger charge is 2.22. The molecule has 2 aromatic rings. The second kappa shape index (κ2) is 6.08. The molecule has 0 aliphatic rings. The number of rotatable bonds is 5. The Morgan fingerprint density at radius 1 is 1.20 bits per heavy atom. The summed E-state index contributed by atoms with van der Waals surface area (Å²) < 4.78 is 17.4. The topological polar surface area (TPSA) is 46.5 Å². The summed E-state index contributed by atoms with van der Waals surface area (Å²) in [5, 5.41) is 0. The fourth-order valence-corrected chi connectivity index (χ4v) is 2.89. The normalized spacial score (nSPS) is 13.5. The average molecular weight is 288 g/mol. The fraction of sp³-hybridized carbons (Fsp3) is 0.125. The van der Waals surface area contributed by atoms with Gasteiger partial charge in [0.2, 0.25) is 0 Å². The van der Waals surface area contributed by atoms with Gasteiger partial charge in [0.25, 0.3) is 0 Å². The monoisotopic (exact) mass is 288 g/mol. The summed E-state index contributed by atoms with van der Waals surface area (Å²) in [6.45, 7) is 5.34. The molecule has 0 bridgehead atoms. The summed E-state index contributed by atoms with van der Waals surface area (Å²) in [7, 11) is -3.71. The molecule has 20 heavy (non-hydrogen) atoms. The van der Waals surface area contributed by atoms with Crippen molar-refractivity contribution in [2.24, 2.45) is 0 Å². The lowest BCUT2D eigenvalue weighted by Crippen LogP contribution is -1.98. The van der Waals surface area contributed by atoms with Crippen molar-refractivity contribution in [2.75, 3.05) is 6.16 Å². The zero-order valence-electron chi connectivity index (χ0n) is 11.3. The van der Waals surface area contributed by atoms with Crippen molar-refractivity contribution in [1.82, 2.24) is 0 Å². The Morgan fingerprint density at radius 3 is 2.55 bits per heavy atom. The Morgan fingerprint density at radius 2 is 1.90 bits per heavy atom. The maximum atomic E-state index is 12.0. The third kappa shape index (κ3) is 3.38. The van der Waals surface area contributed by atoms with Gasteiger partial charge in [0, 0.05) is 5.56 Å². The molecule has 0 heterocycles. The van der Waals surface area contributed by atoms with Crippen LogP contribution in [0, 0.1) is 6.92 Å². The molecule has 1 unspecified atom stereocenters. The molecule has 0 aliphatic carbocycles. The van der Waals surface area contributed by atoms with Gasteiger partial charge in [-0.3, -0.25) is 0 Å². The second-order valence-electron chi connectivity index (χ2n) is 4.52. The van der Waals surface area contributed by atoms with Crippen LogP contribution < -0.4 is 4.52 Å². The van der Waals surface area contributed by atoms with Crippen molar-refractivity contribution in [3.8, 4) is 16.9 Å². The van der Waals surface area contributed by atoms with Crippen LogP contribution in [0.5, 0.6) is 5.75 Å². The minimum absolute atomic E-state index is 0.0738. The number of benzene rings is 2.